The van der Waals surface area contributed by atoms with Crippen LogP contribution in [0.5, 0.6) is 0 Å². The number of nitrogens with two attached hydrogens (primary N) is 1. The predicted octanol–water partition coefficient (Wildman–Crippen LogP) is 3.06. The van der Waals surface area contributed by atoms with E-state index >= 15 is 0 Å². The van der Waals surface area contributed by atoms with Crippen LogP contribution in [0.3, 0.4) is 0 Å². The zero-order valence-corrected chi connectivity index (χ0v) is 10.8. The first-order valence-corrected chi connectivity index (χ1v) is 6.12. The highest BCUT2D eigenvalue weighted by atomic mass is 19.4. The molecule has 0 bridgehead atoms. The third-order valence-electron chi connectivity index (χ3n) is 2.68. The number of alkyl halides is 3. The van der Waals surface area contributed by atoms with Crippen LogP contribution in [0.2, 0.25) is 0 Å². The van der Waals surface area contributed by atoms with Gasteiger partial charge in [0.1, 0.15) is 5.82 Å². The molecule has 0 atom stereocenters. The Morgan fingerprint density at radius 2 is 1.95 bits per heavy atom. The highest BCUT2D eigenvalue weighted by molar-refractivity contribution is 5.25. The van der Waals surface area contributed by atoms with E-state index in [2.05, 4.69) is 0 Å². The molecule has 0 unspecified atom stereocenters. The second-order valence-electron chi connectivity index (χ2n) is 4.46. The van der Waals surface area contributed by atoms with Crippen molar-refractivity contribution in [3.05, 3.63) is 35.1 Å². The van der Waals surface area contributed by atoms with Crippen LogP contribution in [-0.2, 0) is 13.1 Å². The lowest BCUT2D eigenvalue weighted by Gasteiger charge is -2.23. The molecule has 0 saturated carbocycles. The van der Waals surface area contributed by atoms with Gasteiger partial charge in [-0.05, 0) is 24.6 Å². The van der Waals surface area contributed by atoms with Crippen molar-refractivity contribution in [2.75, 3.05) is 13.1 Å². The number of halogens is 4. The summed E-state index contributed by atoms with van der Waals surface area (Å²) in [6.07, 6.45) is -3.70. The molecule has 0 aromatic heterocycles. The summed E-state index contributed by atoms with van der Waals surface area (Å²) < 4.78 is 50.9. The van der Waals surface area contributed by atoms with Crippen LogP contribution in [0, 0.1) is 5.82 Å². The van der Waals surface area contributed by atoms with E-state index in [-0.39, 0.29) is 25.2 Å². The molecule has 1 rings (SSSR count). The molecule has 0 aliphatic rings. The van der Waals surface area contributed by atoms with Gasteiger partial charge >= 0.3 is 6.18 Å². The van der Waals surface area contributed by atoms with Crippen molar-refractivity contribution in [3.8, 4) is 0 Å². The topological polar surface area (TPSA) is 29.3 Å². The van der Waals surface area contributed by atoms with Crippen LogP contribution in [0.1, 0.15) is 24.5 Å². The molecule has 0 aliphatic carbocycles. The number of rotatable bonds is 6. The standard InChI is InChI=1S/C13H18F4N2/c1-2-5-19(9-13(15,16)17)8-11-6-10(7-18)3-4-12(11)14/h3-4,6H,2,5,7-9,18H2,1H3. The minimum absolute atomic E-state index is 0.0625. The van der Waals surface area contributed by atoms with Crippen LogP contribution < -0.4 is 5.73 Å². The second-order valence-corrected chi connectivity index (χ2v) is 4.46. The molecule has 1 aromatic rings. The van der Waals surface area contributed by atoms with Gasteiger partial charge < -0.3 is 5.73 Å². The van der Waals surface area contributed by atoms with Gasteiger partial charge in [0.2, 0.25) is 0 Å². The fourth-order valence-corrected chi connectivity index (χ4v) is 1.90. The Hall–Kier alpha value is -1.14. The molecule has 0 spiro atoms. The van der Waals surface area contributed by atoms with Crippen LogP contribution in [0.25, 0.3) is 0 Å². The molecule has 108 valence electrons. The summed E-state index contributed by atoms with van der Waals surface area (Å²) >= 11 is 0. The van der Waals surface area contributed by atoms with E-state index in [9.17, 15) is 17.6 Å². The molecule has 0 radical (unpaired) electrons. The van der Waals surface area contributed by atoms with Gasteiger partial charge in [-0.25, -0.2) is 4.39 Å². The summed E-state index contributed by atoms with van der Waals surface area (Å²) in [5.41, 5.74) is 6.40. The van der Waals surface area contributed by atoms with E-state index in [0.717, 1.165) is 0 Å². The van der Waals surface area contributed by atoms with Crippen molar-refractivity contribution >= 4 is 0 Å². The Bertz CT molecular complexity index is 404. The van der Waals surface area contributed by atoms with E-state index in [1.807, 2.05) is 0 Å². The average molecular weight is 278 g/mol. The van der Waals surface area contributed by atoms with E-state index in [4.69, 9.17) is 5.73 Å². The highest BCUT2D eigenvalue weighted by Crippen LogP contribution is 2.20. The van der Waals surface area contributed by atoms with E-state index in [1.54, 1.807) is 6.92 Å². The molecular formula is C13H18F4N2. The van der Waals surface area contributed by atoms with E-state index < -0.39 is 18.5 Å². The number of hydrogen-bond acceptors (Lipinski definition) is 2. The highest BCUT2D eigenvalue weighted by Gasteiger charge is 2.30. The zero-order chi connectivity index (χ0) is 14.5. The van der Waals surface area contributed by atoms with Gasteiger partial charge in [-0.3, -0.25) is 4.90 Å². The van der Waals surface area contributed by atoms with Crippen LogP contribution in [0.15, 0.2) is 18.2 Å². The van der Waals surface area contributed by atoms with Crippen LogP contribution >= 0.6 is 0 Å². The van der Waals surface area contributed by atoms with Gasteiger partial charge in [-0.1, -0.05) is 19.1 Å². The molecule has 0 saturated heterocycles. The summed E-state index contributed by atoms with van der Waals surface area (Å²) in [7, 11) is 0. The van der Waals surface area contributed by atoms with Crippen molar-refractivity contribution in [3.63, 3.8) is 0 Å². The largest absolute Gasteiger partial charge is 0.401 e. The summed E-state index contributed by atoms with van der Waals surface area (Å²) in [6, 6.07) is 4.30. The molecule has 19 heavy (non-hydrogen) atoms. The monoisotopic (exact) mass is 278 g/mol. The molecule has 0 fully saturated rings. The number of benzene rings is 1. The predicted molar refractivity (Wildman–Crippen MR) is 65.9 cm³/mol. The fourth-order valence-electron chi connectivity index (χ4n) is 1.90. The molecule has 6 heteroatoms. The third-order valence-corrected chi connectivity index (χ3v) is 2.68. The zero-order valence-electron chi connectivity index (χ0n) is 10.8. The molecule has 2 N–H and O–H groups in total. The summed E-state index contributed by atoms with van der Waals surface area (Å²) in [4.78, 5) is 1.19. The normalized spacial score (nSPS) is 12.2. The SMILES string of the molecule is CCCN(Cc1cc(CN)ccc1F)CC(F)(F)F. The first kappa shape index (κ1) is 15.9. The van der Waals surface area contributed by atoms with Crippen molar-refractivity contribution in [2.24, 2.45) is 5.73 Å². The molecule has 2 nitrogen and oxygen atoms in total. The maximum Gasteiger partial charge on any atom is 0.401 e. The molecule has 0 aliphatic heterocycles. The Morgan fingerprint density at radius 1 is 1.26 bits per heavy atom. The molecule has 0 heterocycles. The lowest BCUT2D eigenvalue weighted by atomic mass is 10.1. The van der Waals surface area contributed by atoms with Crippen molar-refractivity contribution in [2.45, 2.75) is 32.6 Å². The Balaban J connectivity index is 2.83. The van der Waals surface area contributed by atoms with E-state index in [0.29, 0.717) is 12.0 Å². The number of nitrogens with zero attached hydrogens (tertiary/aromatic N) is 1. The maximum absolute atomic E-state index is 13.6. The van der Waals surface area contributed by atoms with Crippen LogP contribution in [-0.4, -0.2) is 24.2 Å². The Morgan fingerprint density at radius 3 is 2.47 bits per heavy atom. The average Bonchev–Trinajstić information content (AvgIpc) is 2.30. The van der Waals surface area contributed by atoms with Crippen LogP contribution in [0.4, 0.5) is 17.6 Å². The fraction of sp³-hybridized carbons (Fsp3) is 0.538. The van der Waals surface area contributed by atoms with Gasteiger partial charge in [0, 0.05) is 18.7 Å². The lowest BCUT2D eigenvalue weighted by Crippen LogP contribution is -2.34. The maximum atomic E-state index is 13.6. The van der Waals surface area contributed by atoms with Gasteiger partial charge in [-0.15, -0.1) is 0 Å². The molecule has 1 aromatic carbocycles. The Kier molecular flexibility index (Phi) is 5.75. The van der Waals surface area contributed by atoms with Crippen molar-refractivity contribution in [1.29, 1.82) is 0 Å². The minimum atomic E-state index is -4.28. The first-order valence-electron chi connectivity index (χ1n) is 6.12. The Labute approximate surface area is 110 Å². The first-order chi connectivity index (χ1) is 8.85. The molecular weight excluding hydrogens is 260 g/mol. The smallest absolute Gasteiger partial charge is 0.326 e. The van der Waals surface area contributed by atoms with Gasteiger partial charge in [0.05, 0.1) is 6.54 Å². The van der Waals surface area contributed by atoms with Gasteiger partial charge in [-0.2, -0.15) is 13.2 Å². The summed E-state index contributed by atoms with van der Waals surface area (Å²) in [6.45, 7) is 1.20. The third kappa shape index (κ3) is 5.57. The summed E-state index contributed by atoms with van der Waals surface area (Å²) in [5, 5.41) is 0. The van der Waals surface area contributed by atoms with E-state index in [1.165, 1.54) is 23.1 Å². The minimum Gasteiger partial charge on any atom is -0.326 e. The van der Waals surface area contributed by atoms with Crippen molar-refractivity contribution in [1.82, 2.24) is 4.90 Å². The lowest BCUT2D eigenvalue weighted by molar-refractivity contribution is -0.147. The summed E-state index contributed by atoms with van der Waals surface area (Å²) in [5.74, 6) is -0.500. The van der Waals surface area contributed by atoms with Gasteiger partial charge in [0.15, 0.2) is 0 Å². The van der Waals surface area contributed by atoms with Crippen molar-refractivity contribution < 1.29 is 17.6 Å². The van der Waals surface area contributed by atoms with Gasteiger partial charge in [0.25, 0.3) is 0 Å². The molecule has 0 amide bonds. The second kappa shape index (κ2) is 6.86. The number of hydrogen-bond donors (Lipinski definition) is 1. The quantitative estimate of drug-likeness (QED) is 0.810.